The lowest BCUT2D eigenvalue weighted by Crippen LogP contribution is -2.23. The summed E-state index contributed by atoms with van der Waals surface area (Å²) in [6.45, 7) is 4.24. The second-order valence-electron chi connectivity index (χ2n) is 6.90. The first-order chi connectivity index (χ1) is 12.0. The van der Waals surface area contributed by atoms with E-state index in [1.807, 2.05) is 12.1 Å². The van der Waals surface area contributed by atoms with Crippen LogP contribution in [0.5, 0.6) is 0 Å². The van der Waals surface area contributed by atoms with Crippen molar-refractivity contribution < 1.29 is 4.79 Å². The number of benzene rings is 2. The van der Waals surface area contributed by atoms with Crippen LogP contribution in [0.25, 0.3) is 0 Å². The van der Waals surface area contributed by atoms with E-state index in [1.165, 1.54) is 11.1 Å². The number of hydrogen-bond donors (Lipinski definition) is 2. The maximum Gasteiger partial charge on any atom is 0.163 e. The molecule has 25 heavy (non-hydrogen) atoms. The van der Waals surface area contributed by atoms with E-state index in [2.05, 4.69) is 64.7 Å². The third-order valence-corrected chi connectivity index (χ3v) is 5.70. The van der Waals surface area contributed by atoms with Gasteiger partial charge in [-0.15, -0.1) is 0 Å². The molecule has 0 spiro atoms. The van der Waals surface area contributed by atoms with Gasteiger partial charge in [0.25, 0.3) is 0 Å². The molecule has 0 unspecified atom stereocenters. The lowest BCUT2D eigenvalue weighted by molar-refractivity contribution is -0.116. The highest BCUT2D eigenvalue weighted by Gasteiger charge is 2.32. The van der Waals surface area contributed by atoms with Gasteiger partial charge in [-0.3, -0.25) is 4.79 Å². The minimum absolute atomic E-state index is 0.119. The van der Waals surface area contributed by atoms with E-state index in [-0.39, 0.29) is 11.8 Å². The fourth-order valence-corrected chi connectivity index (χ4v) is 3.93. The standard InChI is InChI=1S/C21H21BrN2O/c1-12-10-17-18(11-13(12)2)24-21(14-6-8-15(22)9-7-14)20-16(23-17)4-3-5-19(20)25/h6-11,21,23-24H,3-5H2,1-2H3/t21-/m1/s1. The van der Waals surface area contributed by atoms with Crippen LogP contribution < -0.4 is 10.6 Å². The van der Waals surface area contributed by atoms with Gasteiger partial charge in [0, 0.05) is 22.2 Å². The predicted molar refractivity (Wildman–Crippen MR) is 106 cm³/mol. The van der Waals surface area contributed by atoms with Gasteiger partial charge in [0.1, 0.15) is 0 Å². The van der Waals surface area contributed by atoms with Crippen molar-refractivity contribution in [2.75, 3.05) is 10.6 Å². The second-order valence-corrected chi connectivity index (χ2v) is 7.82. The largest absolute Gasteiger partial charge is 0.372 e. The fraction of sp³-hybridized carbons (Fsp3) is 0.286. The molecule has 0 saturated heterocycles. The normalized spacial score (nSPS) is 19.5. The maximum atomic E-state index is 12.8. The van der Waals surface area contributed by atoms with Crippen molar-refractivity contribution in [3.8, 4) is 0 Å². The Bertz CT molecular complexity index is 884. The molecule has 0 amide bonds. The van der Waals surface area contributed by atoms with Gasteiger partial charge in [-0.25, -0.2) is 0 Å². The average molecular weight is 397 g/mol. The zero-order valence-electron chi connectivity index (χ0n) is 14.4. The molecule has 1 aliphatic carbocycles. The van der Waals surface area contributed by atoms with Crippen molar-refractivity contribution in [1.82, 2.24) is 0 Å². The molecule has 2 N–H and O–H groups in total. The first-order valence-corrected chi connectivity index (χ1v) is 9.49. The fourth-order valence-electron chi connectivity index (χ4n) is 3.66. The Morgan fingerprint density at radius 3 is 2.40 bits per heavy atom. The summed E-state index contributed by atoms with van der Waals surface area (Å²) in [5.41, 5.74) is 7.67. The molecule has 1 atom stereocenters. The maximum absolute atomic E-state index is 12.8. The van der Waals surface area contributed by atoms with Gasteiger partial charge in [0.2, 0.25) is 0 Å². The van der Waals surface area contributed by atoms with E-state index in [4.69, 9.17) is 0 Å². The summed E-state index contributed by atoms with van der Waals surface area (Å²) in [4.78, 5) is 12.8. The average Bonchev–Trinajstić information content (AvgIpc) is 2.74. The van der Waals surface area contributed by atoms with Gasteiger partial charge in [-0.2, -0.15) is 0 Å². The molecule has 0 bridgehead atoms. The number of carbonyl (C=O) groups excluding carboxylic acids is 1. The number of Topliss-reactive ketones (excluding diaryl/α,β-unsaturated/α-hetero) is 1. The highest BCUT2D eigenvalue weighted by molar-refractivity contribution is 9.10. The van der Waals surface area contributed by atoms with Crippen LogP contribution in [-0.4, -0.2) is 5.78 Å². The quantitative estimate of drug-likeness (QED) is 0.653. The van der Waals surface area contributed by atoms with Crippen LogP contribution in [0.15, 0.2) is 52.1 Å². The Balaban J connectivity index is 1.88. The van der Waals surface area contributed by atoms with E-state index in [0.717, 1.165) is 45.5 Å². The van der Waals surface area contributed by atoms with Crippen molar-refractivity contribution in [2.45, 2.75) is 39.2 Å². The first-order valence-electron chi connectivity index (χ1n) is 8.69. The number of anilines is 2. The molecule has 128 valence electrons. The van der Waals surface area contributed by atoms with Crippen molar-refractivity contribution in [3.63, 3.8) is 0 Å². The molecule has 0 saturated carbocycles. The van der Waals surface area contributed by atoms with Crippen LogP contribution in [0.2, 0.25) is 0 Å². The van der Waals surface area contributed by atoms with Gasteiger partial charge in [0.05, 0.1) is 17.4 Å². The van der Waals surface area contributed by atoms with Crippen LogP contribution in [0.4, 0.5) is 11.4 Å². The number of allylic oxidation sites excluding steroid dienone is 1. The van der Waals surface area contributed by atoms with Crippen LogP contribution in [0, 0.1) is 13.8 Å². The molecule has 0 aromatic heterocycles. The van der Waals surface area contributed by atoms with Crippen LogP contribution in [0.1, 0.15) is 42.0 Å². The summed E-state index contributed by atoms with van der Waals surface area (Å²) >= 11 is 3.50. The molecule has 3 nitrogen and oxygen atoms in total. The lowest BCUT2D eigenvalue weighted by Gasteiger charge is -2.25. The van der Waals surface area contributed by atoms with Gasteiger partial charge in [-0.05, 0) is 67.6 Å². The van der Waals surface area contributed by atoms with Crippen molar-refractivity contribution in [1.29, 1.82) is 0 Å². The topological polar surface area (TPSA) is 41.1 Å². The summed E-state index contributed by atoms with van der Waals surface area (Å²) in [6.07, 6.45) is 2.46. The number of fused-ring (bicyclic) bond motifs is 1. The third-order valence-electron chi connectivity index (χ3n) is 5.17. The van der Waals surface area contributed by atoms with Crippen LogP contribution >= 0.6 is 15.9 Å². The van der Waals surface area contributed by atoms with Crippen molar-refractivity contribution in [3.05, 3.63) is 68.8 Å². The number of rotatable bonds is 1. The van der Waals surface area contributed by atoms with Crippen LogP contribution in [-0.2, 0) is 4.79 Å². The van der Waals surface area contributed by atoms with Crippen molar-refractivity contribution in [2.24, 2.45) is 0 Å². The number of carbonyl (C=O) groups is 1. The monoisotopic (exact) mass is 396 g/mol. The summed E-state index contributed by atoms with van der Waals surface area (Å²) in [5.74, 6) is 0.246. The molecular weight excluding hydrogens is 376 g/mol. The van der Waals surface area contributed by atoms with E-state index in [9.17, 15) is 4.79 Å². The van der Waals surface area contributed by atoms with Gasteiger partial charge >= 0.3 is 0 Å². The van der Waals surface area contributed by atoms with E-state index in [0.29, 0.717) is 6.42 Å². The number of halogens is 1. The molecule has 2 aromatic rings. The SMILES string of the molecule is Cc1cc2c(cc1C)N[C@H](c1ccc(Br)cc1)C1=C(CCCC1=O)N2. The van der Waals surface area contributed by atoms with Gasteiger partial charge in [0.15, 0.2) is 5.78 Å². The molecule has 4 rings (SSSR count). The molecule has 2 aliphatic rings. The molecule has 0 radical (unpaired) electrons. The Morgan fingerprint density at radius 1 is 1.00 bits per heavy atom. The smallest absolute Gasteiger partial charge is 0.163 e. The number of ketones is 1. The Hall–Kier alpha value is -2.07. The molecule has 4 heteroatoms. The van der Waals surface area contributed by atoms with Crippen LogP contribution in [0.3, 0.4) is 0 Å². The minimum atomic E-state index is -0.119. The molecule has 1 aliphatic heterocycles. The summed E-state index contributed by atoms with van der Waals surface area (Å²) in [6, 6.07) is 12.5. The van der Waals surface area contributed by atoms with Gasteiger partial charge in [-0.1, -0.05) is 28.1 Å². The van der Waals surface area contributed by atoms with E-state index >= 15 is 0 Å². The highest BCUT2D eigenvalue weighted by atomic mass is 79.9. The number of hydrogen-bond acceptors (Lipinski definition) is 3. The van der Waals surface area contributed by atoms with Gasteiger partial charge < -0.3 is 10.6 Å². The first kappa shape index (κ1) is 16.4. The number of aryl methyl sites for hydroxylation is 2. The molecule has 1 heterocycles. The predicted octanol–water partition coefficient (Wildman–Crippen LogP) is 5.65. The van der Waals surface area contributed by atoms with E-state index in [1.54, 1.807) is 0 Å². The molecule has 2 aromatic carbocycles. The summed E-state index contributed by atoms with van der Waals surface area (Å²) < 4.78 is 1.04. The number of nitrogens with one attached hydrogen (secondary N) is 2. The lowest BCUT2D eigenvalue weighted by atomic mass is 9.87. The zero-order chi connectivity index (χ0) is 17.6. The Labute approximate surface area is 156 Å². The summed E-state index contributed by atoms with van der Waals surface area (Å²) in [5, 5.41) is 7.19. The minimum Gasteiger partial charge on any atom is -0.372 e. The zero-order valence-corrected chi connectivity index (χ0v) is 16.0. The molecule has 0 fully saturated rings. The highest BCUT2D eigenvalue weighted by Crippen LogP contribution is 2.41. The van der Waals surface area contributed by atoms with E-state index < -0.39 is 0 Å². The van der Waals surface area contributed by atoms with Crippen molar-refractivity contribution >= 4 is 33.1 Å². The Kier molecular flexibility index (Phi) is 4.16. The third kappa shape index (κ3) is 2.99. The molecular formula is C21H21BrN2O. The Morgan fingerprint density at radius 2 is 1.68 bits per heavy atom. The second kappa shape index (κ2) is 6.34. The summed E-state index contributed by atoms with van der Waals surface area (Å²) in [7, 11) is 0.